The molecule has 0 fully saturated rings. The first-order chi connectivity index (χ1) is 12.3. The first kappa shape index (κ1) is 20.6. The maximum atomic E-state index is 10.2. The zero-order valence-electron chi connectivity index (χ0n) is 14.3. The van der Waals surface area contributed by atoms with Gasteiger partial charge in [0.05, 0.1) is 0 Å². The molecule has 142 valence electrons. The summed E-state index contributed by atoms with van der Waals surface area (Å²) in [7, 11) is 0. The Morgan fingerprint density at radius 3 is 1.35 bits per heavy atom. The minimum absolute atomic E-state index is 0.350. The fraction of sp³-hybridized carbons (Fsp3) is 0.333. The van der Waals surface area contributed by atoms with Crippen molar-refractivity contribution in [2.45, 2.75) is 38.3 Å². The molecule has 0 bridgehead atoms. The number of hydrogen-bond donors (Lipinski definition) is 6. The zero-order valence-corrected chi connectivity index (χ0v) is 15.9. The molecule has 6 nitrogen and oxygen atoms in total. The molecule has 2 aromatic heterocycles. The van der Waals surface area contributed by atoms with Crippen molar-refractivity contribution < 1.29 is 30.6 Å². The Hall–Kier alpha value is -1.68. The van der Waals surface area contributed by atoms with Gasteiger partial charge < -0.3 is 30.6 Å². The van der Waals surface area contributed by atoms with Crippen LogP contribution in [0.15, 0.2) is 46.5 Å². The summed E-state index contributed by atoms with van der Waals surface area (Å²) in [5, 5.41) is 64.6. The Bertz CT molecular complexity index is 697. The van der Waals surface area contributed by atoms with E-state index in [1.165, 1.54) is 22.7 Å². The molecule has 0 spiro atoms. The zero-order chi connectivity index (χ0) is 19.4. The molecule has 2 rings (SSSR count). The third-order valence-electron chi connectivity index (χ3n) is 4.11. The van der Waals surface area contributed by atoms with Crippen molar-refractivity contribution in [1.29, 1.82) is 0 Å². The van der Waals surface area contributed by atoms with Crippen LogP contribution in [0.5, 0.6) is 0 Å². The minimum Gasteiger partial charge on any atom is -0.509 e. The van der Waals surface area contributed by atoms with E-state index in [1.54, 1.807) is 48.9 Å². The van der Waals surface area contributed by atoms with E-state index in [0.29, 0.717) is 20.9 Å². The smallest absolute Gasteiger partial charge is 0.139 e. The predicted molar refractivity (Wildman–Crippen MR) is 103 cm³/mol. The third-order valence-corrected chi connectivity index (χ3v) is 6.09. The summed E-state index contributed by atoms with van der Waals surface area (Å²) < 4.78 is 0. The second-order valence-electron chi connectivity index (χ2n) is 5.85. The van der Waals surface area contributed by atoms with Crippen molar-refractivity contribution in [2.75, 3.05) is 0 Å². The van der Waals surface area contributed by atoms with Crippen molar-refractivity contribution >= 4 is 33.8 Å². The monoisotopic (exact) mass is 398 g/mol. The van der Waals surface area contributed by atoms with Gasteiger partial charge in [0.25, 0.3) is 0 Å². The van der Waals surface area contributed by atoms with Crippen LogP contribution in [0.2, 0.25) is 0 Å². The Morgan fingerprint density at radius 2 is 1.08 bits per heavy atom. The minimum atomic E-state index is -1.90. The van der Waals surface area contributed by atoms with E-state index in [-0.39, 0.29) is 0 Å². The van der Waals surface area contributed by atoms with Gasteiger partial charge in [0.2, 0.25) is 0 Å². The molecule has 4 atom stereocenters. The molecule has 0 aliphatic heterocycles. The van der Waals surface area contributed by atoms with Gasteiger partial charge in [-0.3, -0.25) is 0 Å². The van der Waals surface area contributed by atoms with Crippen molar-refractivity contribution in [3.8, 4) is 0 Å². The van der Waals surface area contributed by atoms with Crippen LogP contribution in [-0.2, 0) is 0 Å². The van der Waals surface area contributed by atoms with Gasteiger partial charge in [-0.05, 0) is 36.7 Å². The van der Waals surface area contributed by atoms with E-state index >= 15 is 0 Å². The summed E-state index contributed by atoms with van der Waals surface area (Å²) >= 11 is 2.68. The van der Waals surface area contributed by atoms with Crippen molar-refractivity contribution in [3.63, 3.8) is 0 Å². The molecule has 0 saturated carbocycles. The molecular weight excluding hydrogens is 376 g/mol. The largest absolute Gasteiger partial charge is 0.509 e. The second kappa shape index (κ2) is 8.81. The molecule has 0 radical (unpaired) electrons. The summed E-state index contributed by atoms with van der Waals surface area (Å²) in [6.07, 6.45) is -7.45. The van der Waals surface area contributed by atoms with Crippen LogP contribution in [0.4, 0.5) is 0 Å². The quantitative estimate of drug-likeness (QED) is 0.399. The Balaban J connectivity index is 2.18. The SMILES string of the molecule is CC(=C(O)[C@@H](O)[C@@H](O)[C@H](O)[C@@H](O)C(O)=C(C)c1cccs1)c1cccs1. The summed E-state index contributed by atoms with van der Waals surface area (Å²) in [6, 6.07) is 7.02. The second-order valence-corrected chi connectivity index (χ2v) is 7.74. The molecule has 2 aromatic rings. The lowest BCUT2D eigenvalue weighted by atomic mass is 9.97. The highest BCUT2D eigenvalue weighted by atomic mass is 32.1. The Kier molecular flexibility index (Phi) is 6.99. The van der Waals surface area contributed by atoms with E-state index < -0.39 is 35.9 Å². The van der Waals surface area contributed by atoms with Crippen LogP contribution in [0.1, 0.15) is 23.6 Å². The predicted octanol–water partition coefficient (Wildman–Crippen LogP) is 2.53. The lowest BCUT2D eigenvalue weighted by Gasteiger charge is -2.27. The third kappa shape index (κ3) is 4.35. The van der Waals surface area contributed by atoms with E-state index in [1.807, 2.05) is 0 Å². The lowest BCUT2D eigenvalue weighted by molar-refractivity contribution is -0.0999. The maximum absolute atomic E-state index is 10.2. The van der Waals surface area contributed by atoms with Crippen molar-refractivity contribution in [2.24, 2.45) is 0 Å². The number of hydrogen-bond acceptors (Lipinski definition) is 8. The molecule has 0 aliphatic carbocycles. The lowest BCUT2D eigenvalue weighted by Crippen LogP contribution is -2.46. The van der Waals surface area contributed by atoms with Crippen LogP contribution in [0, 0.1) is 0 Å². The van der Waals surface area contributed by atoms with Crippen molar-refractivity contribution in [1.82, 2.24) is 0 Å². The number of aliphatic hydroxyl groups is 6. The highest BCUT2D eigenvalue weighted by molar-refractivity contribution is 7.11. The maximum Gasteiger partial charge on any atom is 0.139 e. The van der Waals surface area contributed by atoms with E-state index in [4.69, 9.17) is 0 Å². The average molecular weight is 399 g/mol. The van der Waals surface area contributed by atoms with Crippen molar-refractivity contribution in [3.05, 3.63) is 56.3 Å². The average Bonchev–Trinajstić information content (AvgIpc) is 3.36. The van der Waals surface area contributed by atoms with Crippen LogP contribution >= 0.6 is 22.7 Å². The van der Waals surface area contributed by atoms with E-state index in [0.717, 1.165) is 0 Å². The van der Waals surface area contributed by atoms with Gasteiger partial charge in [0.1, 0.15) is 35.9 Å². The number of allylic oxidation sites excluding steroid dienone is 2. The van der Waals surface area contributed by atoms with Crippen LogP contribution < -0.4 is 0 Å². The van der Waals surface area contributed by atoms with Crippen LogP contribution in [0.25, 0.3) is 11.1 Å². The molecule has 0 aliphatic rings. The number of thiophene rings is 2. The summed E-state index contributed by atoms with van der Waals surface area (Å²) in [4.78, 5) is 1.39. The molecule has 0 unspecified atom stereocenters. The first-order valence-electron chi connectivity index (χ1n) is 7.85. The van der Waals surface area contributed by atoms with E-state index in [9.17, 15) is 30.6 Å². The number of rotatable bonds is 7. The summed E-state index contributed by atoms with van der Waals surface area (Å²) in [6.45, 7) is 3.14. The molecule has 2 heterocycles. The fourth-order valence-electron chi connectivity index (χ4n) is 2.38. The highest BCUT2D eigenvalue weighted by Crippen LogP contribution is 2.27. The first-order valence-corrected chi connectivity index (χ1v) is 9.61. The van der Waals surface area contributed by atoms with Gasteiger partial charge in [0.15, 0.2) is 0 Å². The van der Waals surface area contributed by atoms with Gasteiger partial charge in [0, 0.05) is 20.9 Å². The molecule has 8 heteroatoms. The van der Waals surface area contributed by atoms with Crippen LogP contribution in [0.3, 0.4) is 0 Å². The molecule has 26 heavy (non-hydrogen) atoms. The summed E-state index contributed by atoms with van der Waals surface area (Å²) in [5.41, 5.74) is 0.700. The van der Waals surface area contributed by atoms with Gasteiger partial charge in [-0.1, -0.05) is 12.1 Å². The van der Waals surface area contributed by atoms with Gasteiger partial charge in [-0.15, -0.1) is 22.7 Å². The molecule has 0 saturated heterocycles. The van der Waals surface area contributed by atoms with Gasteiger partial charge in [-0.2, -0.15) is 0 Å². The molecule has 0 aromatic carbocycles. The Morgan fingerprint density at radius 1 is 0.731 bits per heavy atom. The number of aliphatic hydroxyl groups excluding tert-OH is 6. The van der Waals surface area contributed by atoms with E-state index in [2.05, 4.69) is 0 Å². The summed E-state index contributed by atoms with van der Waals surface area (Å²) in [5.74, 6) is -1.02. The van der Waals surface area contributed by atoms with Gasteiger partial charge in [-0.25, -0.2) is 0 Å². The highest BCUT2D eigenvalue weighted by Gasteiger charge is 2.35. The normalized spacial score (nSPS) is 18.5. The molecule has 6 N–H and O–H groups in total. The fourth-order valence-corrected chi connectivity index (χ4v) is 3.86. The van der Waals surface area contributed by atoms with Crippen LogP contribution in [-0.4, -0.2) is 55.1 Å². The molecular formula is C18H22O6S2. The molecule has 0 amide bonds. The Labute approximate surface area is 159 Å². The van der Waals surface area contributed by atoms with Gasteiger partial charge >= 0.3 is 0 Å². The standard InChI is InChI=1S/C18H22O6S2/c1-9(11-5-3-7-25-11)13(19)15(21)17(23)18(24)16(22)14(20)10(2)12-6-4-8-26-12/h3-8,15-24H,1-2H3/t15-,16+,17-,18-/m1/s1. The topological polar surface area (TPSA) is 121 Å².